The van der Waals surface area contributed by atoms with Crippen molar-refractivity contribution >= 4 is 37.7 Å². The van der Waals surface area contributed by atoms with E-state index >= 15 is 0 Å². The minimum absolute atomic E-state index is 0.264. The highest BCUT2D eigenvalue weighted by molar-refractivity contribution is 9.11. The van der Waals surface area contributed by atoms with E-state index in [0.717, 1.165) is 20.3 Å². The monoisotopic (exact) mass is 358 g/mol. The average molecular weight is 360 g/mol. The lowest BCUT2D eigenvalue weighted by molar-refractivity contribution is 0.714. The van der Waals surface area contributed by atoms with Crippen molar-refractivity contribution in [1.29, 1.82) is 0 Å². The number of nitrogen functional groups attached to an aromatic ring is 1. The maximum atomic E-state index is 5.84. The van der Waals surface area contributed by atoms with Crippen LogP contribution in [0.3, 0.4) is 0 Å². The molecule has 2 N–H and O–H groups in total. The third kappa shape index (κ3) is 2.37. The van der Waals surface area contributed by atoms with Gasteiger partial charge in [0.25, 0.3) is 0 Å². The maximum Gasteiger partial charge on any atom is 0.169 e. The van der Waals surface area contributed by atoms with Gasteiger partial charge < -0.3 is 5.73 Å². The molecule has 17 heavy (non-hydrogen) atoms. The molecule has 90 valence electrons. The Morgan fingerprint density at radius 3 is 2.59 bits per heavy atom. The Morgan fingerprint density at radius 1 is 1.29 bits per heavy atom. The van der Waals surface area contributed by atoms with Crippen molar-refractivity contribution in [2.24, 2.45) is 0 Å². The van der Waals surface area contributed by atoms with Crippen molar-refractivity contribution in [3.05, 3.63) is 32.8 Å². The SMILES string of the molecule is CC(C)c1c(N)nnn1-c1ccc(Br)cc1Br. The van der Waals surface area contributed by atoms with E-state index in [1.54, 1.807) is 4.68 Å². The lowest BCUT2D eigenvalue weighted by Crippen LogP contribution is -2.06. The van der Waals surface area contributed by atoms with Crippen LogP contribution in [0.5, 0.6) is 0 Å². The molecule has 0 fully saturated rings. The number of aromatic nitrogens is 3. The van der Waals surface area contributed by atoms with E-state index in [1.807, 2.05) is 18.2 Å². The third-order valence-electron chi connectivity index (χ3n) is 2.42. The average Bonchev–Trinajstić information content (AvgIpc) is 2.60. The van der Waals surface area contributed by atoms with Crippen molar-refractivity contribution < 1.29 is 0 Å². The summed E-state index contributed by atoms with van der Waals surface area (Å²) in [7, 11) is 0. The molecule has 0 aliphatic rings. The number of hydrogen-bond acceptors (Lipinski definition) is 3. The highest BCUT2D eigenvalue weighted by atomic mass is 79.9. The van der Waals surface area contributed by atoms with E-state index < -0.39 is 0 Å². The van der Waals surface area contributed by atoms with Crippen molar-refractivity contribution in [1.82, 2.24) is 15.0 Å². The molecule has 2 rings (SSSR count). The van der Waals surface area contributed by atoms with E-state index in [0.29, 0.717) is 5.82 Å². The number of hydrogen-bond donors (Lipinski definition) is 1. The molecule has 1 aromatic carbocycles. The summed E-state index contributed by atoms with van der Waals surface area (Å²) in [5.74, 6) is 0.746. The first-order chi connectivity index (χ1) is 8.00. The lowest BCUT2D eigenvalue weighted by atomic mass is 10.1. The number of benzene rings is 1. The second kappa shape index (κ2) is 4.78. The largest absolute Gasteiger partial charge is 0.381 e. The van der Waals surface area contributed by atoms with Crippen LogP contribution in [0.2, 0.25) is 0 Å². The minimum atomic E-state index is 0.264. The molecule has 0 saturated carbocycles. The standard InChI is InChI=1S/C11H12Br2N4/c1-6(2)10-11(14)15-16-17(10)9-4-3-7(12)5-8(9)13/h3-6H,14H2,1-2H3. The van der Waals surface area contributed by atoms with Gasteiger partial charge in [-0.1, -0.05) is 35.0 Å². The maximum absolute atomic E-state index is 5.84. The van der Waals surface area contributed by atoms with E-state index in [4.69, 9.17) is 5.73 Å². The molecule has 4 nitrogen and oxygen atoms in total. The van der Waals surface area contributed by atoms with Gasteiger partial charge in [-0.3, -0.25) is 0 Å². The zero-order chi connectivity index (χ0) is 12.6. The summed E-state index contributed by atoms with van der Waals surface area (Å²) >= 11 is 6.94. The molecule has 6 heteroatoms. The Morgan fingerprint density at radius 2 is 2.00 bits per heavy atom. The number of rotatable bonds is 2. The summed E-state index contributed by atoms with van der Waals surface area (Å²) in [5, 5.41) is 8.03. The smallest absolute Gasteiger partial charge is 0.169 e. The Kier molecular flexibility index (Phi) is 3.53. The van der Waals surface area contributed by atoms with Gasteiger partial charge >= 0.3 is 0 Å². The van der Waals surface area contributed by atoms with Crippen LogP contribution in [-0.2, 0) is 0 Å². The molecule has 0 radical (unpaired) electrons. The van der Waals surface area contributed by atoms with Gasteiger partial charge in [0.05, 0.1) is 11.4 Å². The van der Waals surface area contributed by atoms with E-state index in [9.17, 15) is 0 Å². The molecular weight excluding hydrogens is 348 g/mol. The quantitative estimate of drug-likeness (QED) is 0.892. The van der Waals surface area contributed by atoms with Crippen molar-refractivity contribution in [3.63, 3.8) is 0 Å². The van der Waals surface area contributed by atoms with Crippen LogP contribution in [0.25, 0.3) is 5.69 Å². The van der Waals surface area contributed by atoms with Crippen LogP contribution in [0.4, 0.5) is 5.82 Å². The molecule has 0 bridgehead atoms. The van der Waals surface area contributed by atoms with Gasteiger partial charge in [0.1, 0.15) is 0 Å². The van der Waals surface area contributed by atoms with Gasteiger partial charge in [-0.05, 0) is 40.0 Å². The number of nitrogens with zero attached hydrogens (tertiary/aromatic N) is 3. The summed E-state index contributed by atoms with van der Waals surface area (Å²) in [5.41, 5.74) is 7.70. The Balaban J connectivity index is 2.61. The van der Waals surface area contributed by atoms with Crippen LogP contribution >= 0.6 is 31.9 Å². The normalized spacial score (nSPS) is 11.1. The van der Waals surface area contributed by atoms with E-state index in [-0.39, 0.29) is 5.92 Å². The van der Waals surface area contributed by atoms with Gasteiger partial charge in [-0.2, -0.15) is 0 Å². The zero-order valence-corrected chi connectivity index (χ0v) is 12.7. The molecule has 0 aliphatic heterocycles. The van der Waals surface area contributed by atoms with Gasteiger partial charge in [0.15, 0.2) is 5.82 Å². The van der Waals surface area contributed by atoms with Crippen molar-refractivity contribution in [3.8, 4) is 5.69 Å². The molecular formula is C11H12Br2N4. The van der Waals surface area contributed by atoms with Crippen LogP contribution in [0.1, 0.15) is 25.5 Å². The van der Waals surface area contributed by atoms with Gasteiger partial charge in [-0.15, -0.1) is 5.10 Å². The molecule has 0 amide bonds. The van der Waals surface area contributed by atoms with Crippen molar-refractivity contribution in [2.45, 2.75) is 19.8 Å². The molecule has 0 saturated heterocycles. The van der Waals surface area contributed by atoms with Crippen LogP contribution in [0.15, 0.2) is 27.1 Å². The number of halogens is 2. The highest BCUT2D eigenvalue weighted by Gasteiger charge is 2.16. The first kappa shape index (κ1) is 12.6. The fraction of sp³-hybridized carbons (Fsp3) is 0.273. The molecule has 0 atom stereocenters. The van der Waals surface area contributed by atoms with Crippen molar-refractivity contribution in [2.75, 3.05) is 5.73 Å². The Labute approximate surface area is 116 Å². The second-order valence-corrected chi connectivity index (χ2v) is 5.79. The van der Waals surface area contributed by atoms with E-state index in [2.05, 4.69) is 56.0 Å². The van der Waals surface area contributed by atoms with Gasteiger partial charge in [0, 0.05) is 8.95 Å². The summed E-state index contributed by atoms with van der Waals surface area (Å²) in [6.45, 7) is 4.14. The fourth-order valence-electron chi connectivity index (χ4n) is 1.67. The number of anilines is 1. The predicted molar refractivity (Wildman–Crippen MR) is 75.3 cm³/mol. The summed E-state index contributed by atoms with van der Waals surface area (Å²) in [4.78, 5) is 0. The first-order valence-corrected chi connectivity index (χ1v) is 6.75. The first-order valence-electron chi connectivity index (χ1n) is 5.17. The molecule has 2 aromatic rings. The van der Waals surface area contributed by atoms with Gasteiger partial charge in [-0.25, -0.2) is 4.68 Å². The second-order valence-electron chi connectivity index (χ2n) is 4.02. The lowest BCUT2D eigenvalue weighted by Gasteiger charge is -2.11. The number of nitrogens with two attached hydrogens (primary N) is 1. The summed E-state index contributed by atoms with van der Waals surface area (Å²) in [6, 6.07) is 5.90. The molecule has 0 unspecified atom stereocenters. The predicted octanol–water partition coefficient (Wildman–Crippen LogP) is 3.50. The fourth-order valence-corrected chi connectivity index (χ4v) is 2.89. The van der Waals surface area contributed by atoms with Gasteiger partial charge in [0.2, 0.25) is 0 Å². The molecule has 1 heterocycles. The Hall–Kier alpha value is -0.880. The topological polar surface area (TPSA) is 56.7 Å². The highest BCUT2D eigenvalue weighted by Crippen LogP contribution is 2.29. The minimum Gasteiger partial charge on any atom is -0.381 e. The zero-order valence-electron chi connectivity index (χ0n) is 9.48. The summed E-state index contributed by atoms with van der Waals surface area (Å²) < 4.78 is 3.72. The van der Waals surface area contributed by atoms with Crippen LogP contribution in [0, 0.1) is 0 Å². The molecule has 1 aromatic heterocycles. The summed E-state index contributed by atoms with van der Waals surface area (Å²) in [6.07, 6.45) is 0. The van der Waals surface area contributed by atoms with Crippen LogP contribution < -0.4 is 5.73 Å². The Bertz CT molecular complexity index is 548. The molecule has 0 aliphatic carbocycles. The molecule has 0 spiro atoms. The van der Waals surface area contributed by atoms with E-state index in [1.165, 1.54) is 0 Å². The van der Waals surface area contributed by atoms with Crippen LogP contribution in [-0.4, -0.2) is 15.0 Å². The third-order valence-corrected chi connectivity index (χ3v) is 3.55.